The van der Waals surface area contributed by atoms with Crippen LogP contribution in [0.15, 0.2) is 41.3 Å². The Morgan fingerprint density at radius 3 is 2.29 bits per heavy atom. The van der Waals surface area contributed by atoms with E-state index in [0.29, 0.717) is 5.92 Å². The van der Waals surface area contributed by atoms with Crippen molar-refractivity contribution in [3.05, 3.63) is 58.7 Å². The average Bonchev–Trinajstić information content (AvgIpc) is 2.52. The highest BCUT2D eigenvalue weighted by molar-refractivity contribution is 8.00. The molecule has 0 saturated heterocycles. The lowest BCUT2D eigenvalue weighted by Gasteiger charge is -2.19. The van der Waals surface area contributed by atoms with Crippen LogP contribution in [-0.4, -0.2) is 11.2 Å². The van der Waals surface area contributed by atoms with Crippen LogP contribution in [0.1, 0.15) is 48.9 Å². The molecule has 0 bridgehead atoms. The van der Waals surface area contributed by atoms with E-state index in [0.717, 1.165) is 16.1 Å². The van der Waals surface area contributed by atoms with Gasteiger partial charge in [-0.3, -0.25) is 4.79 Å². The normalized spacial score (nSPS) is 12.3. The van der Waals surface area contributed by atoms with Crippen LogP contribution in [0.2, 0.25) is 0 Å². The second-order valence-corrected chi connectivity index (χ2v) is 8.10. The zero-order valence-electron chi connectivity index (χ0n) is 15.4. The number of carbonyl (C=O) groups is 1. The molecule has 24 heavy (non-hydrogen) atoms. The number of para-hydroxylation sites is 1. The summed E-state index contributed by atoms with van der Waals surface area (Å²) in [6, 6.07) is 12.5. The van der Waals surface area contributed by atoms with E-state index in [9.17, 15) is 4.79 Å². The first-order chi connectivity index (χ1) is 11.3. The van der Waals surface area contributed by atoms with E-state index in [2.05, 4.69) is 57.3 Å². The molecule has 0 fully saturated rings. The summed E-state index contributed by atoms with van der Waals surface area (Å²) in [4.78, 5) is 13.8. The van der Waals surface area contributed by atoms with E-state index in [-0.39, 0.29) is 11.2 Å². The zero-order chi connectivity index (χ0) is 17.9. The van der Waals surface area contributed by atoms with Crippen LogP contribution in [0.25, 0.3) is 0 Å². The highest BCUT2D eigenvalue weighted by atomic mass is 32.2. The van der Waals surface area contributed by atoms with Crippen molar-refractivity contribution in [1.29, 1.82) is 0 Å². The van der Waals surface area contributed by atoms with Crippen molar-refractivity contribution < 1.29 is 4.79 Å². The van der Waals surface area contributed by atoms with Gasteiger partial charge in [0.25, 0.3) is 0 Å². The first kappa shape index (κ1) is 18.6. The minimum Gasteiger partial charge on any atom is -0.325 e. The molecule has 1 amide bonds. The fourth-order valence-electron chi connectivity index (χ4n) is 2.61. The summed E-state index contributed by atoms with van der Waals surface area (Å²) >= 11 is 1.60. The number of hydrogen-bond donors (Lipinski definition) is 1. The maximum Gasteiger partial charge on any atom is 0.237 e. The molecule has 2 aromatic carbocycles. The quantitative estimate of drug-likeness (QED) is 0.691. The molecule has 0 aromatic heterocycles. The molecule has 128 valence electrons. The van der Waals surface area contributed by atoms with Crippen molar-refractivity contribution in [3.63, 3.8) is 0 Å². The molecule has 0 spiro atoms. The van der Waals surface area contributed by atoms with Gasteiger partial charge in [0, 0.05) is 10.6 Å². The number of hydrogen-bond acceptors (Lipinski definition) is 2. The molecule has 2 rings (SSSR count). The standard InChI is InChI=1S/C21H27NOS/c1-13(2)19-9-7-8-15(4)20(19)22-21(23)17(6)24-18-11-10-14(3)16(5)12-18/h7-13,17H,1-6H3,(H,22,23). The van der Waals surface area contributed by atoms with Crippen LogP contribution >= 0.6 is 11.8 Å². The van der Waals surface area contributed by atoms with E-state index >= 15 is 0 Å². The fraction of sp³-hybridized carbons (Fsp3) is 0.381. The molecular weight excluding hydrogens is 314 g/mol. The summed E-state index contributed by atoms with van der Waals surface area (Å²) in [6.45, 7) is 12.5. The molecule has 0 heterocycles. The lowest BCUT2D eigenvalue weighted by molar-refractivity contribution is -0.115. The molecule has 0 aliphatic carbocycles. The van der Waals surface area contributed by atoms with Crippen LogP contribution in [0, 0.1) is 20.8 Å². The Morgan fingerprint density at radius 2 is 1.67 bits per heavy atom. The monoisotopic (exact) mass is 341 g/mol. The van der Waals surface area contributed by atoms with Crippen LogP contribution in [0.3, 0.4) is 0 Å². The van der Waals surface area contributed by atoms with Gasteiger partial charge in [0.05, 0.1) is 5.25 Å². The Balaban J connectivity index is 2.13. The second kappa shape index (κ2) is 7.89. The summed E-state index contributed by atoms with van der Waals surface area (Å²) < 4.78 is 0. The molecule has 2 nitrogen and oxygen atoms in total. The Bertz CT molecular complexity index is 737. The predicted octanol–water partition coefficient (Wildman–Crippen LogP) is 5.85. The molecular formula is C21H27NOS. The van der Waals surface area contributed by atoms with Gasteiger partial charge >= 0.3 is 0 Å². The number of thioether (sulfide) groups is 1. The summed E-state index contributed by atoms with van der Waals surface area (Å²) in [6.07, 6.45) is 0. The van der Waals surface area contributed by atoms with Crippen LogP contribution < -0.4 is 5.32 Å². The van der Waals surface area contributed by atoms with E-state index in [1.165, 1.54) is 16.7 Å². The summed E-state index contributed by atoms with van der Waals surface area (Å²) in [5.41, 5.74) is 5.79. The molecule has 1 atom stereocenters. The number of rotatable bonds is 5. The number of aryl methyl sites for hydroxylation is 3. The predicted molar refractivity (Wildman–Crippen MR) is 105 cm³/mol. The molecule has 1 N–H and O–H groups in total. The number of benzene rings is 2. The van der Waals surface area contributed by atoms with Crippen LogP contribution in [0.5, 0.6) is 0 Å². The molecule has 3 heteroatoms. The average molecular weight is 342 g/mol. The van der Waals surface area contributed by atoms with Gasteiger partial charge in [-0.05, 0) is 68.0 Å². The maximum absolute atomic E-state index is 12.7. The number of amides is 1. The fourth-order valence-corrected chi connectivity index (χ4v) is 3.58. The van der Waals surface area contributed by atoms with Gasteiger partial charge in [-0.15, -0.1) is 11.8 Å². The van der Waals surface area contributed by atoms with E-state index in [1.807, 2.05) is 26.0 Å². The molecule has 0 saturated carbocycles. The Hall–Kier alpha value is -1.74. The molecule has 0 aliphatic heterocycles. The van der Waals surface area contributed by atoms with Crippen molar-refractivity contribution in [3.8, 4) is 0 Å². The highest BCUT2D eigenvalue weighted by Gasteiger charge is 2.18. The lowest BCUT2D eigenvalue weighted by atomic mass is 9.98. The third-order valence-corrected chi connectivity index (χ3v) is 5.43. The van der Waals surface area contributed by atoms with E-state index < -0.39 is 0 Å². The van der Waals surface area contributed by atoms with Gasteiger partial charge in [0.2, 0.25) is 5.91 Å². The van der Waals surface area contributed by atoms with Gasteiger partial charge in [0.15, 0.2) is 0 Å². The topological polar surface area (TPSA) is 29.1 Å². The number of carbonyl (C=O) groups excluding carboxylic acids is 1. The van der Waals surface area contributed by atoms with Crippen molar-refractivity contribution in [2.45, 2.75) is 57.6 Å². The van der Waals surface area contributed by atoms with E-state index in [1.54, 1.807) is 11.8 Å². The molecule has 0 radical (unpaired) electrons. The molecule has 1 unspecified atom stereocenters. The summed E-state index contributed by atoms with van der Waals surface area (Å²) in [7, 11) is 0. The summed E-state index contributed by atoms with van der Waals surface area (Å²) in [5, 5.41) is 3.00. The van der Waals surface area contributed by atoms with E-state index in [4.69, 9.17) is 0 Å². The van der Waals surface area contributed by atoms with Crippen molar-refractivity contribution in [2.75, 3.05) is 5.32 Å². The van der Waals surface area contributed by atoms with Crippen molar-refractivity contribution >= 4 is 23.4 Å². The van der Waals surface area contributed by atoms with Crippen LogP contribution in [0.4, 0.5) is 5.69 Å². The van der Waals surface area contributed by atoms with Crippen molar-refractivity contribution in [2.24, 2.45) is 0 Å². The largest absolute Gasteiger partial charge is 0.325 e. The Labute approximate surface area is 150 Å². The Kier molecular flexibility index (Phi) is 6.11. The van der Waals surface area contributed by atoms with Gasteiger partial charge in [-0.2, -0.15) is 0 Å². The smallest absolute Gasteiger partial charge is 0.237 e. The van der Waals surface area contributed by atoms with Crippen molar-refractivity contribution in [1.82, 2.24) is 0 Å². The van der Waals surface area contributed by atoms with Crippen LogP contribution in [-0.2, 0) is 4.79 Å². The first-order valence-electron chi connectivity index (χ1n) is 8.44. The molecule has 2 aromatic rings. The highest BCUT2D eigenvalue weighted by Crippen LogP contribution is 2.30. The van der Waals surface area contributed by atoms with Gasteiger partial charge < -0.3 is 5.32 Å². The minimum atomic E-state index is -0.147. The van der Waals surface area contributed by atoms with Gasteiger partial charge in [0.1, 0.15) is 0 Å². The third-order valence-electron chi connectivity index (χ3n) is 4.34. The lowest BCUT2D eigenvalue weighted by Crippen LogP contribution is -2.23. The SMILES string of the molecule is Cc1ccc(SC(C)C(=O)Nc2c(C)cccc2C(C)C)cc1C. The minimum absolute atomic E-state index is 0.0504. The first-order valence-corrected chi connectivity index (χ1v) is 9.32. The third kappa shape index (κ3) is 4.41. The zero-order valence-corrected chi connectivity index (χ0v) is 16.3. The second-order valence-electron chi connectivity index (χ2n) is 6.69. The number of nitrogens with one attached hydrogen (secondary N) is 1. The number of anilines is 1. The Morgan fingerprint density at radius 1 is 0.958 bits per heavy atom. The van der Waals surface area contributed by atoms with Gasteiger partial charge in [-0.1, -0.05) is 38.1 Å². The van der Waals surface area contributed by atoms with Gasteiger partial charge in [-0.25, -0.2) is 0 Å². The maximum atomic E-state index is 12.7. The summed E-state index contributed by atoms with van der Waals surface area (Å²) in [5.74, 6) is 0.428. The molecule has 0 aliphatic rings.